The van der Waals surface area contributed by atoms with Gasteiger partial charge in [0.1, 0.15) is 5.84 Å². The minimum atomic E-state index is -0.00370. The van der Waals surface area contributed by atoms with E-state index in [4.69, 9.17) is 5.41 Å². The molecule has 1 aliphatic heterocycles. The van der Waals surface area contributed by atoms with Crippen LogP contribution in [0, 0.1) is 10.8 Å². The number of thioether (sulfide) groups is 1. The van der Waals surface area contributed by atoms with Crippen molar-refractivity contribution in [3.8, 4) is 0 Å². The Labute approximate surface area is 85.6 Å². The third-order valence-electron chi connectivity index (χ3n) is 2.37. The van der Waals surface area contributed by atoms with E-state index in [0.717, 1.165) is 12.4 Å². The summed E-state index contributed by atoms with van der Waals surface area (Å²) in [6.07, 6.45) is 0. The van der Waals surface area contributed by atoms with E-state index in [2.05, 4.69) is 32.6 Å². The Balaban J connectivity index is 2.64. The second-order valence-electron chi connectivity index (χ2n) is 4.72. The zero-order chi connectivity index (χ0) is 10.1. The molecule has 1 atom stereocenters. The minimum Gasteiger partial charge on any atom is -0.356 e. The lowest BCUT2D eigenvalue weighted by Gasteiger charge is -2.39. The average Bonchev–Trinajstić information content (AvgIpc) is 2.02. The van der Waals surface area contributed by atoms with Gasteiger partial charge >= 0.3 is 0 Å². The molecule has 1 rings (SSSR count). The first-order valence-corrected chi connectivity index (χ1v) is 6.02. The van der Waals surface area contributed by atoms with Crippen LogP contribution in [-0.4, -0.2) is 34.8 Å². The van der Waals surface area contributed by atoms with Crippen molar-refractivity contribution < 1.29 is 0 Å². The van der Waals surface area contributed by atoms with Gasteiger partial charge in [-0.15, -0.1) is 0 Å². The van der Waals surface area contributed by atoms with E-state index in [9.17, 15) is 0 Å². The maximum atomic E-state index is 8.08. The first-order chi connectivity index (χ1) is 5.93. The fourth-order valence-corrected chi connectivity index (χ4v) is 2.50. The van der Waals surface area contributed by atoms with Crippen LogP contribution in [0.25, 0.3) is 0 Å². The van der Waals surface area contributed by atoms with Crippen molar-refractivity contribution in [1.29, 1.82) is 5.41 Å². The lowest BCUT2D eigenvalue weighted by molar-refractivity contribution is 0.323. The van der Waals surface area contributed by atoms with Crippen molar-refractivity contribution in [2.24, 2.45) is 5.41 Å². The van der Waals surface area contributed by atoms with Gasteiger partial charge in [-0.2, -0.15) is 11.8 Å². The van der Waals surface area contributed by atoms with Crippen molar-refractivity contribution in [2.75, 3.05) is 18.1 Å². The van der Waals surface area contributed by atoms with Gasteiger partial charge in [-0.05, 0) is 6.92 Å². The van der Waals surface area contributed by atoms with Gasteiger partial charge in [0.05, 0.1) is 0 Å². The molecule has 0 amide bonds. The second-order valence-corrected chi connectivity index (χ2v) is 5.87. The number of hydrogen-bond donors (Lipinski definition) is 1. The normalized spacial score (nSPS) is 24.6. The molecule has 1 unspecified atom stereocenters. The summed E-state index contributed by atoms with van der Waals surface area (Å²) >= 11 is 2.00. The summed E-state index contributed by atoms with van der Waals surface area (Å²) in [5.41, 5.74) is -0.00370. The molecular weight excluding hydrogens is 180 g/mol. The standard InChI is InChI=1S/C10H20N2S/c1-8-7-13-6-5-12(8)9(11)10(2,3)4/h8,11H,5-7H2,1-4H3. The van der Waals surface area contributed by atoms with Gasteiger partial charge in [-0.3, -0.25) is 5.41 Å². The molecule has 0 aliphatic carbocycles. The van der Waals surface area contributed by atoms with E-state index in [1.54, 1.807) is 0 Å². The Hall–Kier alpha value is -0.180. The van der Waals surface area contributed by atoms with Crippen LogP contribution in [0.2, 0.25) is 0 Å². The molecule has 0 aromatic heterocycles. The molecule has 76 valence electrons. The molecule has 1 aliphatic rings. The van der Waals surface area contributed by atoms with Crippen LogP contribution in [0.5, 0.6) is 0 Å². The predicted octanol–water partition coefficient (Wildman–Crippen LogP) is 2.45. The molecule has 1 N–H and O–H groups in total. The molecule has 0 aromatic rings. The first kappa shape index (κ1) is 10.9. The molecule has 0 radical (unpaired) electrons. The van der Waals surface area contributed by atoms with E-state index in [1.807, 2.05) is 11.8 Å². The fraction of sp³-hybridized carbons (Fsp3) is 0.900. The maximum Gasteiger partial charge on any atom is 0.102 e. The van der Waals surface area contributed by atoms with Gasteiger partial charge < -0.3 is 4.90 Å². The Morgan fingerprint density at radius 3 is 2.54 bits per heavy atom. The molecule has 2 nitrogen and oxygen atoms in total. The topological polar surface area (TPSA) is 27.1 Å². The summed E-state index contributed by atoms with van der Waals surface area (Å²) in [6.45, 7) is 9.60. The Morgan fingerprint density at radius 2 is 2.08 bits per heavy atom. The number of nitrogens with one attached hydrogen (secondary N) is 1. The molecule has 13 heavy (non-hydrogen) atoms. The van der Waals surface area contributed by atoms with Gasteiger partial charge in [-0.1, -0.05) is 20.8 Å². The first-order valence-electron chi connectivity index (χ1n) is 4.86. The molecular formula is C10H20N2S. The van der Waals surface area contributed by atoms with Gasteiger partial charge in [0.15, 0.2) is 0 Å². The monoisotopic (exact) mass is 200 g/mol. The quantitative estimate of drug-likeness (QED) is 0.480. The third-order valence-corrected chi connectivity index (χ3v) is 3.55. The van der Waals surface area contributed by atoms with Crippen molar-refractivity contribution in [2.45, 2.75) is 33.7 Å². The molecule has 1 fully saturated rings. The van der Waals surface area contributed by atoms with E-state index < -0.39 is 0 Å². The lowest BCUT2D eigenvalue weighted by Crippen LogP contribution is -2.48. The molecule has 0 bridgehead atoms. The maximum absolute atomic E-state index is 8.08. The largest absolute Gasteiger partial charge is 0.356 e. The minimum absolute atomic E-state index is 0.00370. The molecule has 3 heteroatoms. The summed E-state index contributed by atoms with van der Waals surface area (Å²) in [6, 6.07) is 0.533. The molecule has 0 spiro atoms. The third kappa shape index (κ3) is 2.63. The highest BCUT2D eigenvalue weighted by Crippen LogP contribution is 2.23. The van der Waals surface area contributed by atoms with Crippen LogP contribution in [0.4, 0.5) is 0 Å². The SMILES string of the molecule is CC1CSCCN1C(=N)C(C)(C)C. The Kier molecular flexibility index (Phi) is 3.28. The van der Waals surface area contributed by atoms with Crippen molar-refractivity contribution >= 4 is 17.6 Å². The molecule has 1 saturated heterocycles. The number of amidine groups is 1. The van der Waals surface area contributed by atoms with Crippen LogP contribution >= 0.6 is 11.8 Å². The van der Waals surface area contributed by atoms with Crippen LogP contribution in [0.1, 0.15) is 27.7 Å². The Morgan fingerprint density at radius 1 is 1.46 bits per heavy atom. The van der Waals surface area contributed by atoms with E-state index in [1.165, 1.54) is 11.5 Å². The zero-order valence-electron chi connectivity index (χ0n) is 9.05. The van der Waals surface area contributed by atoms with E-state index in [0.29, 0.717) is 6.04 Å². The second kappa shape index (κ2) is 3.91. The highest BCUT2D eigenvalue weighted by molar-refractivity contribution is 7.99. The highest BCUT2D eigenvalue weighted by atomic mass is 32.2. The van der Waals surface area contributed by atoms with Crippen LogP contribution in [-0.2, 0) is 0 Å². The molecule has 0 saturated carbocycles. The summed E-state index contributed by atoms with van der Waals surface area (Å²) in [5, 5.41) is 8.08. The summed E-state index contributed by atoms with van der Waals surface area (Å²) in [7, 11) is 0. The zero-order valence-corrected chi connectivity index (χ0v) is 9.87. The van der Waals surface area contributed by atoms with Gasteiger partial charge in [0, 0.05) is 29.5 Å². The van der Waals surface area contributed by atoms with Gasteiger partial charge in [0.2, 0.25) is 0 Å². The van der Waals surface area contributed by atoms with Crippen LogP contribution in [0.15, 0.2) is 0 Å². The summed E-state index contributed by atoms with van der Waals surface area (Å²) in [5.74, 6) is 3.13. The highest BCUT2D eigenvalue weighted by Gasteiger charge is 2.28. The number of rotatable bonds is 0. The predicted molar refractivity (Wildman–Crippen MR) is 60.7 cm³/mol. The summed E-state index contributed by atoms with van der Waals surface area (Å²) < 4.78 is 0. The van der Waals surface area contributed by atoms with Crippen molar-refractivity contribution in [1.82, 2.24) is 4.90 Å². The van der Waals surface area contributed by atoms with Gasteiger partial charge in [0.25, 0.3) is 0 Å². The van der Waals surface area contributed by atoms with E-state index >= 15 is 0 Å². The summed E-state index contributed by atoms with van der Waals surface area (Å²) in [4.78, 5) is 2.25. The van der Waals surface area contributed by atoms with Crippen molar-refractivity contribution in [3.05, 3.63) is 0 Å². The van der Waals surface area contributed by atoms with E-state index in [-0.39, 0.29) is 5.41 Å². The molecule has 0 aromatic carbocycles. The smallest absolute Gasteiger partial charge is 0.102 e. The molecule has 1 heterocycles. The number of nitrogens with zero attached hydrogens (tertiary/aromatic N) is 1. The average molecular weight is 200 g/mol. The van der Waals surface area contributed by atoms with Crippen molar-refractivity contribution in [3.63, 3.8) is 0 Å². The lowest BCUT2D eigenvalue weighted by atomic mass is 9.93. The number of hydrogen-bond acceptors (Lipinski definition) is 2. The Bertz CT molecular complexity index is 196. The fourth-order valence-electron chi connectivity index (χ4n) is 1.49. The van der Waals surface area contributed by atoms with Crippen LogP contribution < -0.4 is 0 Å². The van der Waals surface area contributed by atoms with Gasteiger partial charge in [-0.25, -0.2) is 0 Å². The van der Waals surface area contributed by atoms with Crippen LogP contribution in [0.3, 0.4) is 0 Å².